The Hall–Kier alpha value is -2.91. The molecule has 0 aliphatic carbocycles. The Bertz CT molecular complexity index is 1450. The molecule has 4 aromatic rings. The van der Waals surface area contributed by atoms with Crippen LogP contribution < -0.4 is 10.9 Å². The number of esters is 1. The maximum Gasteiger partial charge on any atom is 0.359 e. The summed E-state index contributed by atoms with van der Waals surface area (Å²) in [7, 11) is 0. The van der Waals surface area contributed by atoms with Crippen molar-refractivity contribution in [3.8, 4) is 5.69 Å². The molecule has 2 aromatic heterocycles. The minimum Gasteiger partial charge on any atom is -0.461 e. The van der Waals surface area contributed by atoms with Gasteiger partial charge in [0.1, 0.15) is 5.00 Å². The van der Waals surface area contributed by atoms with E-state index in [1.54, 1.807) is 36.6 Å². The van der Waals surface area contributed by atoms with E-state index in [2.05, 4.69) is 10.4 Å². The van der Waals surface area contributed by atoms with Crippen LogP contribution >= 0.6 is 46.1 Å². The zero-order valence-electron chi connectivity index (χ0n) is 16.9. The normalized spacial score (nSPS) is 10.9. The number of hydrogen-bond acceptors (Lipinski definition) is 6. The first kappa shape index (κ1) is 23.3. The third-order valence-corrected chi connectivity index (χ3v) is 6.29. The lowest BCUT2D eigenvalue weighted by atomic mass is 10.2. The molecule has 0 unspecified atom stereocenters. The summed E-state index contributed by atoms with van der Waals surface area (Å²) in [6.07, 6.45) is 0. The maximum absolute atomic E-state index is 13.4. The van der Waals surface area contributed by atoms with Crippen molar-refractivity contribution < 1.29 is 14.3 Å². The van der Waals surface area contributed by atoms with E-state index in [4.69, 9.17) is 39.5 Å². The first-order valence-corrected chi connectivity index (χ1v) is 11.6. The number of carbonyl (C=O) groups excluding carboxylic acids is 2. The van der Waals surface area contributed by atoms with Crippen molar-refractivity contribution in [2.24, 2.45) is 0 Å². The number of halogens is 3. The van der Waals surface area contributed by atoms with Crippen LogP contribution in [0.1, 0.15) is 27.8 Å². The third-order valence-electron chi connectivity index (χ3n) is 4.60. The number of rotatable bonds is 5. The van der Waals surface area contributed by atoms with Crippen LogP contribution in [-0.2, 0) is 4.74 Å². The number of aromatic nitrogens is 2. The third kappa shape index (κ3) is 4.60. The summed E-state index contributed by atoms with van der Waals surface area (Å²) < 4.78 is 6.19. The predicted octanol–water partition coefficient (Wildman–Crippen LogP) is 5.84. The van der Waals surface area contributed by atoms with E-state index in [1.165, 1.54) is 18.2 Å². The molecular weight excluding hydrogens is 509 g/mol. The molecule has 0 bridgehead atoms. The number of ether oxygens (including phenoxy) is 1. The minimum absolute atomic E-state index is 0.0531. The van der Waals surface area contributed by atoms with Crippen LogP contribution in [-0.4, -0.2) is 28.3 Å². The minimum atomic E-state index is -0.693. The van der Waals surface area contributed by atoms with Gasteiger partial charge in [-0.3, -0.25) is 9.59 Å². The molecule has 4 rings (SSSR count). The lowest BCUT2D eigenvalue weighted by molar-refractivity contribution is 0.0520. The number of benzene rings is 2. The standard InChI is InChI=1S/C22H14Cl3N3O4S/c1-2-32-22(31)18-15-10-33-20(26-19(29)14-8-5-12(24)9-16(14)25)17(15)21(30)28(27-18)13-6-3-11(23)4-7-13/h3-10H,2H2,1H3,(H,26,29). The largest absolute Gasteiger partial charge is 0.461 e. The number of nitrogens with zero attached hydrogens (tertiary/aromatic N) is 2. The maximum atomic E-state index is 13.4. The molecule has 0 saturated heterocycles. The molecule has 0 fully saturated rings. The van der Waals surface area contributed by atoms with E-state index < -0.39 is 17.4 Å². The predicted molar refractivity (Wildman–Crippen MR) is 131 cm³/mol. The van der Waals surface area contributed by atoms with E-state index in [-0.39, 0.29) is 38.7 Å². The number of fused-ring (bicyclic) bond motifs is 1. The summed E-state index contributed by atoms with van der Waals surface area (Å²) in [6.45, 7) is 1.80. The molecule has 33 heavy (non-hydrogen) atoms. The number of nitrogens with one attached hydrogen (secondary N) is 1. The van der Waals surface area contributed by atoms with Crippen LogP contribution in [0.25, 0.3) is 16.5 Å². The Kier molecular flexibility index (Phi) is 6.71. The highest BCUT2D eigenvalue weighted by Crippen LogP contribution is 2.32. The van der Waals surface area contributed by atoms with Gasteiger partial charge in [0, 0.05) is 20.8 Å². The molecule has 7 nitrogen and oxygen atoms in total. The van der Waals surface area contributed by atoms with Crippen LogP contribution in [0.2, 0.25) is 15.1 Å². The number of thiophene rings is 1. The summed E-state index contributed by atoms with van der Waals surface area (Å²) in [5.74, 6) is -1.23. The Labute approximate surface area is 206 Å². The Morgan fingerprint density at radius 2 is 1.79 bits per heavy atom. The summed E-state index contributed by atoms with van der Waals surface area (Å²) in [4.78, 5) is 38.8. The van der Waals surface area contributed by atoms with Crippen molar-refractivity contribution in [1.29, 1.82) is 0 Å². The Balaban J connectivity index is 1.88. The number of hydrogen-bond donors (Lipinski definition) is 1. The average Bonchev–Trinajstić information content (AvgIpc) is 3.19. The smallest absolute Gasteiger partial charge is 0.359 e. The summed E-state index contributed by atoms with van der Waals surface area (Å²) >= 11 is 19.1. The topological polar surface area (TPSA) is 90.3 Å². The molecule has 0 spiro atoms. The Morgan fingerprint density at radius 3 is 2.45 bits per heavy atom. The molecule has 168 valence electrons. The van der Waals surface area contributed by atoms with Gasteiger partial charge in [-0.05, 0) is 49.4 Å². The van der Waals surface area contributed by atoms with Gasteiger partial charge in [0.25, 0.3) is 11.5 Å². The van der Waals surface area contributed by atoms with Crippen LogP contribution in [0, 0.1) is 0 Å². The van der Waals surface area contributed by atoms with Crippen molar-refractivity contribution in [3.63, 3.8) is 0 Å². The van der Waals surface area contributed by atoms with Crippen molar-refractivity contribution in [1.82, 2.24) is 9.78 Å². The molecule has 2 aromatic carbocycles. The quantitative estimate of drug-likeness (QED) is 0.333. The monoisotopic (exact) mass is 521 g/mol. The highest BCUT2D eigenvalue weighted by Gasteiger charge is 2.24. The van der Waals surface area contributed by atoms with Gasteiger partial charge in [-0.1, -0.05) is 34.8 Å². The molecule has 2 heterocycles. The molecule has 0 radical (unpaired) electrons. The second kappa shape index (κ2) is 9.52. The summed E-state index contributed by atoms with van der Waals surface area (Å²) in [6, 6.07) is 10.8. The first-order chi connectivity index (χ1) is 15.8. The van der Waals surface area contributed by atoms with Crippen LogP contribution in [0.4, 0.5) is 5.00 Å². The second-order valence-electron chi connectivity index (χ2n) is 6.69. The fourth-order valence-corrected chi connectivity index (χ4v) is 4.65. The molecule has 0 aliphatic heterocycles. The first-order valence-electron chi connectivity index (χ1n) is 9.54. The fourth-order valence-electron chi connectivity index (χ4n) is 3.09. The van der Waals surface area contributed by atoms with Gasteiger partial charge in [-0.15, -0.1) is 11.3 Å². The van der Waals surface area contributed by atoms with E-state index in [1.807, 2.05) is 0 Å². The zero-order chi connectivity index (χ0) is 23.7. The molecular formula is C22H14Cl3N3O4S. The van der Waals surface area contributed by atoms with E-state index in [0.717, 1.165) is 16.0 Å². The van der Waals surface area contributed by atoms with Gasteiger partial charge in [-0.2, -0.15) is 9.78 Å². The molecule has 0 aliphatic rings. The molecule has 11 heteroatoms. The number of carbonyl (C=O) groups is 2. The fraction of sp³-hybridized carbons (Fsp3) is 0.0909. The molecule has 0 saturated carbocycles. The van der Waals surface area contributed by atoms with Crippen LogP contribution in [0.15, 0.2) is 52.6 Å². The van der Waals surface area contributed by atoms with E-state index in [9.17, 15) is 14.4 Å². The van der Waals surface area contributed by atoms with Crippen LogP contribution in [0.5, 0.6) is 0 Å². The van der Waals surface area contributed by atoms with Gasteiger partial charge < -0.3 is 10.1 Å². The summed E-state index contributed by atoms with van der Waals surface area (Å²) in [5.41, 5.74) is -0.0109. The van der Waals surface area contributed by atoms with Gasteiger partial charge in [0.05, 0.1) is 28.3 Å². The van der Waals surface area contributed by atoms with Gasteiger partial charge >= 0.3 is 5.97 Å². The van der Waals surface area contributed by atoms with Crippen molar-refractivity contribution >= 4 is 73.8 Å². The molecule has 0 atom stereocenters. The van der Waals surface area contributed by atoms with Crippen molar-refractivity contribution in [3.05, 3.63) is 84.5 Å². The SMILES string of the molecule is CCOC(=O)c1nn(-c2ccc(Cl)cc2)c(=O)c2c(NC(=O)c3ccc(Cl)cc3Cl)scc12. The zero-order valence-corrected chi connectivity index (χ0v) is 20.0. The average molecular weight is 523 g/mol. The number of anilines is 1. The highest BCUT2D eigenvalue weighted by molar-refractivity contribution is 7.16. The van der Waals surface area contributed by atoms with E-state index in [0.29, 0.717) is 15.7 Å². The van der Waals surface area contributed by atoms with Crippen molar-refractivity contribution in [2.45, 2.75) is 6.92 Å². The molecule has 1 amide bonds. The Morgan fingerprint density at radius 1 is 1.09 bits per heavy atom. The van der Waals surface area contributed by atoms with E-state index >= 15 is 0 Å². The van der Waals surface area contributed by atoms with Gasteiger partial charge in [0.15, 0.2) is 5.69 Å². The van der Waals surface area contributed by atoms with Gasteiger partial charge in [0.2, 0.25) is 0 Å². The van der Waals surface area contributed by atoms with Gasteiger partial charge in [-0.25, -0.2) is 4.79 Å². The lowest BCUT2D eigenvalue weighted by Crippen LogP contribution is -2.25. The second-order valence-corrected chi connectivity index (χ2v) is 8.85. The highest BCUT2D eigenvalue weighted by atomic mass is 35.5. The lowest BCUT2D eigenvalue weighted by Gasteiger charge is -2.10. The summed E-state index contributed by atoms with van der Waals surface area (Å²) in [5, 5.41) is 10.2. The van der Waals surface area contributed by atoms with Crippen molar-refractivity contribution in [2.75, 3.05) is 11.9 Å². The molecule has 1 N–H and O–H groups in total. The van der Waals surface area contributed by atoms with Crippen LogP contribution in [0.3, 0.4) is 0 Å². The number of amides is 1.